The van der Waals surface area contributed by atoms with E-state index in [0.29, 0.717) is 10.3 Å². The molecular formula is C11H13BrN2O2. The Morgan fingerprint density at radius 1 is 1.62 bits per heavy atom. The van der Waals surface area contributed by atoms with Crippen LogP contribution in [-0.2, 0) is 9.53 Å². The number of pyridine rings is 1. The molecule has 86 valence electrons. The highest BCUT2D eigenvalue weighted by atomic mass is 79.9. The molecular weight excluding hydrogens is 272 g/mol. The van der Waals surface area contributed by atoms with E-state index in [4.69, 9.17) is 4.74 Å². The number of carbonyl (C=O) groups is 1. The number of hydrogen-bond acceptors (Lipinski definition) is 3. The molecule has 16 heavy (non-hydrogen) atoms. The Hall–Kier alpha value is -0.940. The van der Waals surface area contributed by atoms with Gasteiger partial charge in [-0.15, -0.1) is 0 Å². The molecule has 0 atom stereocenters. The van der Waals surface area contributed by atoms with Crippen molar-refractivity contribution in [3.63, 3.8) is 0 Å². The first kappa shape index (κ1) is 11.5. The Morgan fingerprint density at radius 3 is 3.00 bits per heavy atom. The van der Waals surface area contributed by atoms with Crippen molar-refractivity contribution in [3.8, 4) is 0 Å². The lowest BCUT2D eigenvalue weighted by molar-refractivity contribution is -0.127. The molecule has 0 bridgehead atoms. The number of carbonyl (C=O) groups excluding carboxylic acids is 1. The number of aromatic nitrogens is 1. The van der Waals surface area contributed by atoms with Gasteiger partial charge < -0.3 is 10.1 Å². The molecule has 1 N–H and O–H groups in total. The molecule has 1 aliphatic rings. The van der Waals surface area contributed by atoms with Crippen LogP contribution in [0.3, 0.4) is 0 Å². The Kier molecular flexibility index (Phi) is 3.56. The van der Waals surface area contributed by atoms with Crippen LogP contribution in [0.2, 0.25) is 0 Å². The maximum Gasteiger partial charge on any atom is 0.227 e. The molecule has 5 heteroatoms. The number of ether oxygens (including phenoxy) is 1. The van der Waals surface area contributed by atoms with Crippen molar-refractivity contribution in [3.05, 3.63) is 22.9 Å². The van der Waals surface area contributed by atoms with Crippen LogP contribution in [0.5, 0.6) is 0 Å². The standard InChI is InChI=1S/C11H13BrN2O2/c1-16-8-5-7(6-8)11(15)14-9-3-2-4-13-10(9)12/h2-4,7-8H,5-6H2,1H3,(H,14,15). The third kappa shape index (κ3) is 2.41. The molecule has 0 aromatic carbocycles. The highest BCUT2D eigenvalue weighted by Crippen LogP contribution is 2.31. The number of rotatable bonds is 3. The van der Waals surface area contributed by atoms with Gasteiger partial charge in [0.05, 0.1) is 11.8 Å². The topological polar surface area (TPSA) is 51.2 Å². The smallest absolute Gasteiger partial charge is 0.227 e. The van der Waals surface area contributed by atoms with Crippen molar-refractivity contribution in [2.75, 3.05) is 12.4 Å². The molecule has 1 fully saturated rings. The van der Waals surface area contributed by atoms with Gasteiger partial charge in [-0.05, 0) is 40.9 Å². The van der Waals surface area contributed by atoms with Gasteiger partial charge >= 0.3 is 0 Å². The molecule has 0 spiro atoms. The van der Waals surface area contributed by atoms with E-state index in [-0.39, 0.29) is 17.9 Å². The van der Waals surface area contributed by atoms with Gasteiger partial charge in [-0.1, -0.05) is 0 Å². The van der Waals surface area contributed by atoms with E-state index in [1.165, 1.54) is 0 Å². The van der Waals surface area contributed by atoms with Crippen molar-refractivity contribution in [1.29, 1.82) is 0 Å². The lowest BCUT2D eigenvalue weighted by Gasteiger charge is -2.32. The zero-order chi connectivity index (χ0) is 11.5. The number of hydrogen-bond donors (Lipinski definition) is 1. The Balaban J connectivity index is 1.91. The zero-order valence-corrected chi connectivity index (χ0v) is 10.5. The molecule has 0 saturated heterocycles. The fourth-order valence-electron chi connectivity index (χ4n) is 1.69. The highest BCUT2D eigenvalue weighted by Gasteiger charge is 2.34. The number of nitrogens with zero attached hydrogens (tertiary/aromatic N) is 1. The molecule has 1 heterocycles. The Labute approximate surface area is 103 Å². The van der Waals surface area contributed by atoms with Crippen LogP contribution < -0.4 is 5.32 Å². The van der Waals surface area contributed by atoms with E-state index in [9.17, 15) is 4.79 Å². The third-order valence-electron chi connectivity index (χ3n) is 2.82. The number of amides is 1. The van der Waals surface area contributed by atoms with Crippen molar-refractivity contribution in [2.24, 2.45) is 5.92 Å². The SMILES string of the molecule is COC1CC(C(=O)Nc2cccnc2Br)C1. The van der Waals surface area contributed by atoms with Gasteiger partial charge in [0.15, 0.2) is 0 Å². The Bertz CT molecular complexity index is 391. The number of halogens is 1. The minimum Gasteiger partial charge on any atom is -0.381 e. The van der Waals surface area contributed by atoms with Gasteiger partial charge in [0.25, 0.3) is 0 Å². The van der Waals surface area contributed by atoms with E-state index in [1.807, 2.05) is 6.07 Å². The quantitative estimate of drug-likeness (QED) is 0.866. The summed E-state index contributed by atoms with van der Waals surface area (Å²) in [6.45, 7) is 0. The summed E-state index contributed by atoms with van der Waals surface area (Å²) < 4.78 is 5.80. The van der Waals surface area contributed by atoms with Crippen LogP contribution in [0.1, 0.15) is 12.8 Å². The van der Waals surface area contributed by atoms with E-state index >= 15 is 0 Å². The lowest BCUT2D eigenvalue weighted by Crippen LogP contribution is -2.38. The summed E-state index contributed by atoms with van der Waals surface area (Å²) in [6.07, 6.45) is 3.53. The average Bonchev–Trinajstić information content (AvgIpc) is 2.20. The van der Waals surface area contributed by atoms with Gasteiger partial charge in [-0.3, -0.25) is 4.79 Å². The second kappa shape index (κ2) is 4.93. The maximum atomic E-state index is 11.8. The van der Waals surface area contributed by atoms with Crippen molar-refractivity contribution in [2.45, 2.75) is 18.9 Å². The largest absolute Gasteiger partial charge is 0.381 e. The third-order valence-corrected chi connectivity index (χ3v) is 3.45. The normalized spacial score (nSPS) is 23.6. The predicted molar refractivity (Wildman–Crippen MR) is 64.1 cm³/mol. The van der Waals surface area contributed by atoms with Crippen molar-refractivity contribution < 1.29 is 9.53 Å². The van der Waals surface area contributed by atoms with E-state index in [0.717, 1.165) is 12.8 Å². The first-order valence-electron chi connectivity index (χ1n) is 5.15. The van der Waals surface area contributed by atoms with E-state index in [1.54, 1.807) is 19.4 Å². The molecule has 0 unspecified atom stereocenters. The molecule has 0 radical (unpaired) electrons. The van der Waals surface area contributed by atoms with Gasteiger partial charge in [0.2, 0.25) is 5.91 Å². The Morgan fingerprint density at radius 2 is 2.38 bits per heavy atom. The fourth-order valence-corrected chi connectivity index (χ4v) is 2.04. The predicted octanol–water partition coefficient (Wildman–Crippen LogP) is 2.21. The average molecular weight is 285 g/mol. The molecule has 1 saturated carbocycles. The van der Waals surface area contributed by atoms with Crippen LogP contribution in [0.15, 0.2) is 22.9 Å². The number of methoxy groups -OCH3 is 1. The summed E-state index contributed by atoms with van der Waals surface area (Å²) in [5.41, 5.74) is 0.716. The van der Waals surface area contributed by atoms with E-state index in [2.05, 4.69) is 26.2 Å². The molecule has 1 aromatic rings. The summed E-state index contributed by atoms with van der Waals surface area (Å²) in [7, 11) is 1.68. The number of anilines is 1. The summed E-state index contributed by atoms with van der Waals surface area (Å²) in [5.74, 6) is 0.110. The van der Waals surface area contributed by atoms with Crippen molar-refractivity contribution in [1.82, 2.24) is 4.98 Å². The van der Waals surface area contributed by atoms with Crippen LogP contribution in [0, 0.1) is 5.92 Å². The molecule has 2 rings (SSSR count). The maximum absolute atomic E-state index is 11.8. The van der Waals surface area contributed by atoms with Gasteiger partial charge in [-0.2, -0.15) is 0 Å². The molecule has 1 aliphatic carbocycles. The minimum atomic E-state index is 0.0435. The molecule has 1 aromatic heterocycles. The van der Waals surface area contributed by atoms with Gasteiger partial charge in [-0.25, -0.2) is 4.98 Å². The molecule has 0 aliphatic heterocycles. The summed E-state index contributed by atoms with van der Waals surface area (Å²) >= 11 is 3.29. The number of nitrogens with one attached hydrogen (secondary N) is 1. The minimum absolute atomic E-state index is 0.0435. The first-order chi connectivity index (χ1) is 7.70. The highest BCUT2D eigenvalue weighted by molar-refractivity contribution is 9.10. The first-order valence-corrected chi connectivity index (χ1v) is 5.94. The fraction of sp³-hybridized carbons (Fsp3) is 0.455. The monoisotopic (exact) mass is 284 g/mol. The molecule has 1 amide bonds. The second-order valence-electron chi connectivity index (χ2n) is 3.86. The lowest BCUT2D eigenvalue weighted by atomic mass is 9.81. The van der Waals surface area contributed by atoms with Crippen LogP contribution in [0.25, 0.3) is 0 Å². The van der Waals surface area contributed by atoms with Crippen LogP contribution >= 0.6 is 15.9 Å². The van der Waals surface area contributed by atoms with Gasteiger partial charge in [0.1, 0.15) is 4.60 Å². The van der Waals surface area contributed by atoms with Crippen LogP contribution in [-0.4, -0.2) is 24.1 Å². The summed E-state index contributed by atoms with van der Waals surface area (Å²) in [5, 5.41) is 2.85. The van der Waals surface area contributed by atoms with Crippen molar-refractivity contribution >= 4 is 27.5 Å². The summed E-state index contributed by atoms with van der Waals surface area (Å²) in [6, 6.07) is 3.61. The summed E-state index contributed by atoms with van der Waals surface area (Å²) in [4.78, 5) is 15.8. The van der Waals surface area contributed by atoms with E-state index < -0.39 is 0 Å². The molecule has 4 nitrogen and oxygen atoms in total. The van der Waals surface area contributed by atoms with Gasteiger partial charge in [0, 0.05) is 19.2 Å². The zero-order valence-electron chi connectivity index (χ0n) is 8.94. The van der Waals surface area contributed by atoms with Crippen LogP contribution in [0.4, 0.5) is 5.69 Å². The second-order valence-corrected chi connectivity index (χ2v) is 4.61.